The van der Waals surface area contributed by atoms with Crippen molar-refractivity contribution in [1.29, 1.82) is 0 Å². The van der Waals surface area contributed by atoms with E-state index in [4.69, 9.17) is 9.47 Å². The molecule has 0 saturated carbocycles. The van der Waals surface area contributed by atoms with Crippen molar-refractivity contribution in [3.8, 4) is 0 Å². The van der Waals surface area contributed by atoms with Gasteiger partial charge in [-0.15, -0.1) is 0 Å². The van der Waals surface area contributed by atoms with E-state index in [9.17, 15) is 14.4 Å². The zero-order chi connectivity index (χ0) is 21.5. The van der Waals surface area contributed by atoms with Gasteiger partial charge in [-0.2, -0.15) is 0 Å². The maximum atomic E-state index is 12.6. The molecule has 1 atom stereocenters. The molecule has 1 aromatic carbocycles. The molecular weight excluding hydrogens is 360 g/mol. The summed E-state index contributed by atoms with van der Waals surface area (Å²) in [7, 11) is 3.02. The summed E-state index contributed by atoms with van der Waals surface area (Å²) < 4.78 is 10.7. The molecule has 156 valence electrons. The second kappa shape index (κ2) is 10.1. The van der Waals surface area contributed by atoms with E-state index < -0.39 is 23.7 Å². The van der Waals surface area contributed by atoms with Gasteiger partial charge in [0, 0.05) is 14.1 Å². The largest absolute Gasteiger partial charge is 0.458 e. The van der Waals surface area contributed by atoms with Gasteiger partial charge in [-0.1, -0.05) is 44.2 Å². The first-order chi connectivity index (χ1) is 12.9. The molecule has 2 amide bonds. The lowest BCUT2D eigenvalue weighted by molar-refractivity contribution is -0.166. The van der Waals surface area contributed by atoms with Crippen molar-refractivity contribution in [2.75, 3.05) is 20.6 Å². The number of hydrogen-bond donors (Lipinski definition) is 0. The quantitative estimate of drug-likeness (QED) is 0.667. The summed E-state index contributed by atoms with van der Waals surface area (Å²) in [4.78, 5) is 39.8. The molecule has 7 nitrogen and oxygen atoms in total. The molecule has 7 heteroatoms. The van der Waals surface area contributed by atoms with Crippen molar-refractivity contribution in [1.82, 2.24) is 9.80 Å². The molecule has 0 N–H and O–H groups in total. The number of ether oxygens (including phenoxy) is 2. The maximum absolute atomic E-state index is 12.6. The third-order valence-electron chi connectivity index (χ3n) is 3.98. The van der Waals surface area contributed by atoms with Crippen LogP contribution in [0.3, 0.4) is 0 Å². The number of amides is 2. The second-order valence-electron chi connectivity index (χ2n) is 8.12. The average molecular weight is 392 g/mol. The van der Waals surface area contributed by atoms with Crippen LogP contribution in [0.2, 0.25) is 0 Å². The first-order valence-electron chi connectivity index (χ1n) is 9.32. The number of rotatable bonds is 7. The Bertz CT molecular complexity index is 667. The van der Waals surface area contributed by atoms with Gasteiger partial charge in [-0.3, -0.25) is 4.79 Å². The van der Waals surface area contributed by atoms with Crippen molar-refractivity contribution >= 4 is 18.0 Å². The summed E-state index contributed by atoms with van der Waals surface area (Å²) in [5.74, 6) is -0.976. The van der Waals surface area contributed by atoms with Crippen LogP contribution < -0.4 is 0 Å². The molecule has 0 radical (unpaired) electrons. The fourth-order valence-corrected chi connectivity index (χ4v) is 2.60. The van der Waals surface area contributed by atoms with Gasteiger partial charge in [0.15, 0.2) is 0 Å². The van der Waals surface area contributed by atoms with Crippen LogP contribution in [-0.2, 0) is 25.7 Å². The van der Waals surface area contributed by atoms with Gasteiger partial charge < -0.3 is 19.3 Å². The summed E-state index contributed by atoms with van der Waals surface area (Å²) in [6.07, 6.45) is -0.607. The molecule has 0 spiro atoms. The normalized spacial score (nSPS) is 12.3. The summed E-state index contributed by atoms with van der Waals surface area (Å²) in [5.41, 5.74) is 0.212. The molecule has 0 bridgehead atoms. The van der Waals surface area contributed by atoms with Gasteiger partial charge in [-0.25, -0.2) is 9.59 Å². The number of carbonyl (C=O) groups excluding carboxylic acids is 3. The van der Waals surface area contributed by atoms with Gasteiger partial charge >= 0.3 is 12.1 Å². The van der Waals surface area contributed by atoms with Crippen LogP contribution in [0.4, 0.5) is 4.79 Å². The summed E-state index contributed by atoms with van der Waals surface area (Å²) >= 11 is 0. The Morgan fingerprint density at radius 3 is 2.11 bits per heavy atom. The number of esters is 1. The minimum Gasteiger partial charge on any atom is -0.458 e. The third kappa shape index (κ3) is 7.58. The fourth-order valence-electron chi connectivity index (χ4n) is 2.60. The van der Waals surface area contributed by atoms with Crippen molar-refractivity contribution in [2.45, 2.75) is 52.9 Å². The number of nitrogens with zero attached hydrogens (tertiary/aromatic N) is 2. The molecule has 1 rings (SSSR count). The van der Waals surface area contributed by atoms with Crippen LogP contribution in [0.15, 0.2) is 30.3 Å². The molecule has 0 saturated heterocycles. The van der Waals surface area contributed by atoms with Gasteiger partial charge in [0.2, 0.25) is 5.91 Å². The third-order valence-corrected chi connectivity index (χ3v) is 3.98. The van der Waals surface area contributed by atoms with E-state index in [0.29, 0.717) is 0 Å². The van der Waals surface area contributed by atoms with Crippen LogP contribution in [0.5, 0.6) is 0 Å². The summed E-state index contributed by atoms with van der Waals surface area (Å²) in [5, 5.41) is 0. The molecule has 0 unspecified atom stereocenters. The Labute approximate surface area is 167 Å². The Balaban J connectivity index is 2.66. The van der Waals surface area contributed by atoms with Crippen molar-refractivity contribution < 1.29 is 23.9 Å². The van der Waals surface area contributed by atoms with Crippen LogP contribution in [0.25, 0.3) is 0 Å². The highest BCUT2D eigenvalue weighted by Gasteiger charge is 2.34. The first kappa shape index (κ1) is 23.5. The number of benzene rings is 1. The standard InChI is InChI=1S/C21H32N2O5/c1-15(2)18(19(25)28-21(3,4)5)23(7)17(24)13-22(6)20(26)27-14-16-11-9-8-10-12-16/h8-12,15,18H,13-14H2,1-7H3/t18-/m0/s1. The average Bonchev–Trinajstić information content (AvgIpc) is 2.58. The SMILES string of the molecule is CC(C)[C@@H](C(=O)OC(C)(C)C)N(C)C(=O)CN(C)C(=O)OCc1ccccc1. The Kier molecular flexibility index (Phi) is 8.47. The lowest BCUT2D eigenvalue weighted by atomic mass is 10.0. The molecule has 28 heavy (non-hydrogen) atoms. The topological polar surface area (TPSA) is 76.2 Å². The van der Waals surface area contributed by atoms with Crippen LogP contribution in [0.1, 0.15) is 40.2 Å². The number of carbonyl (C=O) groups is 3. The fraction of sp³-hybridized carbons (Fsp3) is 0.571. The number of hydrogen-bond acceptors (Lipinski definition) is 5. The summed E-state index contributed by atoms with van der Waals surface area (Å²) in [6.45, 7) is 8.95. The van der Waals surface area contributed by atoms with E-state index in [2.05, 4.69) is 0 Å². The molecule has 0 aliphatic carbocycles. The van der Waals surface area contributed by atoms with E-state index in [1.807, 2.05) is 44.2 Å². The van der Waals surface area contributed by atoms with Crippen molar-refractivity contribution in [3.05, 3.63) is 35.9 Å². The Hall–Kier alpha value is -2.57. The molecule has 0 aromatic heterocycles. The Morgan fingerprint density at radius 2 is 1.61 bits per heavy atom. The van der Waals surface area contributed by atoms with Crippen molar-refractivity contribution in [2.24, 2.45) is 5.92 Å². The maximum Gasteiger partial charge on any atom is 0.410 e. The lowest BCUT2D eigenvalue weighted by Crippen LogP contribution is -2.51. The highest BCUT2D eigenvalue weighted by Crippen LogP contribution is 2.17. The molecule has 0 heterocycles. The van der Waals surface area contributed by atoms with E-state index in [1.54, 1.807) is 27.8 Å². The van der Waals surface area contributed by atoms with Gasteiger partial charge in [0.05, 0.1) is 0 Å². The minimum absolute atomic E-state index is 0.126. The van der Waals surface area contributed by atoms with Gasteiger partial charge in [0.25, 0.3) is 0 Å². The van der Waals surface area contributed by atoms with E-state index >= 15 is 0 Å². The monoisotopic (exact) mass is 392 g/mol. The van der Waals surface area contributed by atoms with Crippen molar-refractivity contribution in [3.63, 3.8) is 0 Å². The molecule has 0 aliphatic rings. The zero-order valence-electron chi connectivity index (χ0n) is 17.9. The molecule has 1 aromatic rings. The smallest absolute Gasteiger partial charge is 0.410 e. The predicted octanol–water partition coefficient (Wildman–Crippen LogP) is 3.08. The highest BCUT2D eigenvalue weighted by molar-refractivity contribution is 5.87. The Morgan fingerprint density at radius 1 is 1.04 bits per heavy atom. The minimum atomic E-state index is -0.736. The van der Waals surface area contributed by atoms with Gasteiger partial charge in [-0.05, 0) is 32.3 Å². The molecule has 0 fully saturated rings. The second-order valence-corrected chi connectivity index (χ2v) is 8.12. The van der Waals surface area contributed by atoms with Crippen LogP contribution in [-0.4, -0.2) is 60.1 Å². The summed E-state index contributed by atoms with van der Waals surface area (Å²) in [6, 6.07) is 8.55. The van der Waals surface area contributed by atoms with Crippen LogP contribution in [0, 0.1) is 5.92 Å². The predicted molar refractivity (Wildman–Crippen MR) is 106 cm³/mol. The van der Waals surface area contributed by atoms with Gasteiger partial charge in [0.1, 0.15) is 24.8 Å². The van der Waals surface area contributed by atoms with E-state index in [0.717, 1.165) is 5.56 Å². The molecule has 0 aliphatic heterocycles. The lowest BCUT2D eigenvalue weighted by Gasteiger charge is -2.33. The highest BCUT2D eigenvalue weighted by atomic mass is 16.6. The van der Waals surface area contributed by atoms with Crippen LogP contribution >= 0.6 is 0 Å². The first-order valence-corrected chi connectivity index (χ1v) is 9.32. The molecular formula is C21H32N2O5. The van der Waals surface area contributed by atoms with E-state index in [-0.39, 0.29) is 25.0 Å². The van der Waals surface area contributed by atoms with E-state index in [1.165, 1.54) is 16.8 Å². The zero-order valence-corrected chi connectivity index (χ0v) is 17.9. The number of likely N-dealkylation sites (N-methyl/N-ethyl adjacent to an activating group) is 2.